The van der Waals surface area contributed by atoms with Crippen LogP contribution in [0.25, 0.3) is 10.3 Å². The fourth-order valence-electron chi connectivity index (χ4n) is 2.81. The topological polar surface area (TPSA) is 119 Å². The lowest BCUT2D eigenvalue weighted by molar-refractivity contribution is 0.0486. The number of hydrogen-bond acceptors (Lipinski definition) is 8. The summed E-state index contributed by atoms with van der Waals surface area (Å²) in [7, 11) is 1.51. The first-order chi connectivity index (χ1) is 13.2. The maximum atomic E-state index is 12.5. The summed E-state index contributed by atoms with van der Waals surface area (Å²) in [4.78, 5) is 39.2. The highest BCUT2D eigenvalue weighted by molar-refractivity contribution is 7.22. The van der Waals surface area contributed by atoms with E-state index in [0.717, 1.165) is 0 Å². The van der Waals surface area contributed by atoms with Crippen LogP contribution in [0.2, 0.25) is 0 Å². The molecule has 0 bridgehead atoms. The molecule has 0 aromatic carbocycles. The van der Waals surface area contributed by atoms with Gasteiger partial charge in [-0.05, 0) is 33.6 Å². The number of fused-ring (bicyclic) bond motifs is 1. The highest BCUT2D eigenvalue weighted by Gasteiger charge is 2.26. The number of anilines is 1. The van der Waals surface area contributed by atoms with Crippen molar-refractivity contribution < 1.29 is 19.1 Å². The van der Waals surface area contributed by atoms with Crippen LogP contribution < -0.4 is 15.4 Å². The number of ether oxygens (including phenoxy) is 2. The lowest BCUT2D eigenvalue weighted by Gasteiger charge is -2.32. The predicted molar refractivity (Wildman–Crippen MR) is 105 cm³/mol. The Morgan fingerprint density at radius 2 is 1.96 bits per heavy atom. The monoisotopic (exact) mass is 408 g/mol. The summed E-state index contributed by atoms with van der Waals surface area (Å²) in [5, 5.41) is 6.09. The third kappa shape index (κ3) is 4.97. The van der Waals surface area contributed by atoms with E-state index in [1.54, 1.807) is 4.90 Å². The van der Waals surface area contributed by atoms with Gasteiger partial charge in [-0.1, -0.05) is 11.3 Å². The fourth-order valence-corrected chi connectivity index (χ4v) is 3.60. The SMILES string of the molecule is COc1ncnc2sc(NC(=O)N3CCC(NC(=O)OC(C)(C)C)CC3)nc12. The van der Waals surface area contributed by atoms with Gasteiger partial charge in [-0.2, -0.15) is 4.98 Å². The van der Waals surface area contributed by atoms with Crippen molar-refractivity contribution in [3.05, 3.63) is 6.33 Å². The number of amides is 3. The standard InChI is InChI=1S/C17H24N6O4S/c1-17(2,3)27-16(25)20-10-5-7-23(8-6-10)15(24)22-14-21-11-12(26-4)18-9-19-13(11)28-14/h9-10H,5-8H2,1-4H3,(H,20,25)(H,21,22,24). The smallest absolute Gasteiger partial charge is 0.407 e. The van der Waals surface area contributed by atoms with Gasteiger partial charge in [0.2, 0.25) is 5.88 Å². The molecule has 3 amide bonds. The Hall–Kier alpha value is -2.69. The number of carbonyl (C=O) groups is 2. The molecule has 11 heteroatoms. The Morgan fingerprint density at radius 3 is 2.61 bits per heavy atom. The number of rotatable bonds is 3. The Labute approximate surface area is 166 Å². The van der Waals surface area contributed by atoms with Crippen molar-refractivity contribution in [2.45, 2.75) is 45.3 Å². The second kappa shape index (κ2) is 8.13. The second-order valence-corrected chi connectivity index (χ2v) is 8.37. The highest BCUT2D eigenvalue weighted by Crippen LogP contribution is 2.29. The summed E-state index contributed by atoms with van der Waals surface area (Å²) < 4.78 is 10.4. The van der Waals surface area contributed by atoms with Gasteiger partial charge in [0.05, 0.1) is 7.11 Å². The van der Waals surface area contributed by atoms with E-state index in [9.17, 15) is 9.59 Å². The zero-order valence-corrected chi connectivity index (χ0v) is 17.1. The van der Waals surface area contributed by atoms with Gasteiger partial charge < -0.3 is 19.7 Å². The zero-order chi connectivity index (χ0) is 20.3. The maximum absolute atomic E-state index is 12.5. The Morgan fingerprint density at radius 1 is 1.25 bits per heavy atom. The normalized spacial score (nSPS) is 15.4. The summed E-state index contributed by atoms with van der Waals surface area (Å²) in [5.74, 6) is 0.371. The van der Waals surface area contributed by atoms with Gasteiger partial charge in [-0.25, -0.2) is 19.6 Å². The highest BCUT2D eigenvalue weighted by atomic mass is 32.1. The van der Waals surface area contributed by atoms with Gasteiger partial charge in [-0.15, -0.1) is 0 Å². The van der Waals surface area contributed by atoms with Crippen molar-refractivity contribution in [1.82, 2.24) is 25.2 Å². The molecule has 1 aliphatic heterocycles. The van der Waals surface area contributed by atoms with Gasteiger partial charge >= 0.3 is 12.1 Å². The van der Waals surface area contributed by atoms with Crippen LogP contribution in [0.5, 0.6) is 5.88 Å². The molecule has 1 aliphatic rings. The first kappa shape index (κ1) is 20.1. The molecule has 0 unspecified atom stereocenters. The minimum Gasteiger partial charge on any atom is -0.479 e. The maximum Gasteiger partial charge on any atom is 0.407 e. The number of methoxy groups -OCH3 is 1. The van der Waals surface area contributed by atoms with E-state index in [1.807, 2.05) is 20.8 Å². The zero-order valence-electron chi connectivity index (χ0n) is 16.3. The van der Waals surface area contributed by atoms with E-state index in [0.29, 0.717) is 47.3 Å². The molecule has 0 radical (unpaired) electrons. The molecule has 0 atom stereocenters. The van der Waals surface area contributed by atoms with Crippen LogP contribution in [0.1, 0.15) is 33.6 Å². The lowest BCUT2D eigenvalue weighted by atomic mass is 10.1. The van der Waals surface area contributed by atoms with Gasteiger partial charge in [-0.3, -0.25) is 5.32 Å². The molecule has 0 saturated carbocycles. The summed E-state index contributed by atoms with van der Waals surface area (Å²) in [6, 6.07) is -0.248. The van der Waals surface area contributed by atoms with E-state index in [4.69, 9.17) is 9.47 Å². The van der Waals surface area contributed by atoms with Crippen molar-refractivity contribution in [2.24, 2.45) is 0 Å². The van der Waals surface area contributed by atoms with Crippen LogP contribution in [0.4, 0.5) is 14.7 Å². The van der Waals surface area contributed by atoms with Crippen LogP contribution in [0.15, 0.2) is 6.33 Å². The molecule has 3 heterocycles. The molecule has 2 aromatic heterocycles. The molecule has 2 aromatic rings. The van der Waals surface area contributed by atoms with Crippen LogP contribution >= 0.6 is 11.3 Å². The molecule has 1 fully saturated rings. The van der Waals surface area contributed by atoms with E-state index in [-0.39, 0.29) is 12.1 Å². The fraction of sp³-hybridized carbons (Fsp3) is 0.588. The molecular weight excluding hydrogens is 384 g/mol. The summed E-state index contributed by atoms with van der Waals surface area (Å²) in [5.41, 5.74) is -0.0137. The number of likely N-dealkylation sites (tertiary alicyclic amines) is 1. The van der Waals surface area contributed by atoms with E-state index < -0.39 is 11.7 Å². The molecule has 28 heavy (non-hydrogen) atoms. The van der Waals surface area contributed by atoms with Crippen molar-refractivity contribution in [2.75, 3.05) is 25.5 Å². The van der Waals surface area contributed by atoms with Crippen LogP contribution in [-0.2, 0) is 4.74 Å². The van der Waals surface area contributed by atoms with Gasteiger partial charge in [0.1, 0.15) is 11.9 Å². The Bertz CT molecular complexity index is 857. The van der Waals surface area contributed by atoms with Gasteiger partial charge in [0.25, 0.3) is 0 Å². The number of nitrogens with one attached hydrogen (secondary N) is 2. The molecule has 2 N–H and O–H groups in total. The van der Waals surface area contributed by atoms with Crippen LogP contribution in [0, 0.1) is 0 Å². The molecule has 0 spiro atoms. The van der Waals surface area contributed by atoms with Crippen molar-refractivity contribution in [3.63, 3.8) is 0 Å². The van der Waals surface area contributed by atoms with E-state index in [1.165, 1.54) is 24.8 Å². The number of thiazole rings is 1. The molecule has 3 rings (SSSR count). The summed E-state index contributed by atoms with van der Waals surface area (Å²) in [6.45, 7) is 6.52. The summed E-state index contributed by atoms with van der Waals surface area (Å²) >= 11 is 1.26. The third-order valence-electron chi connectivity index (χ3n) is 4.07. The van der Waals surface area contributed by atoms with Crippen molar-refractivity contribution >= 4 is 38.9 Å². The Kier molecular flexibility index (Phi) is 5.82. The summed E-state index contributed by atoms with van der Waals surface area (Å²) in [6.07, 6.45) is 2.28. The Balaban J connectivity index is 1.52. The first-order valence-corrected chi connectivity index (χ1v) is 9.78. The average molecular weight is 408 g/mol. The third-order valence-corrected chi connectivity index (χ3v) is 4.95. The van der Waals surface area contributed by atoms with Gasteiger partial charge in [0, 0.05) is 19.1 Å². The predicted octanol–water partition coefficient (Wildman–Crippen LogP) is 2.62. The van der Waals surface area contributed by atoms with Crippen LogP contribution in [-0.4, -0.2) is 63.8 Å². The number of piperidine rings is 1. The lowest BCUT2D eigenvalue weighted by Crippen LogP contribution is -2.48. The number of hydrogen-bond donors (Lipinski definition) is 2. The number of carbonyl (C=O) groups excluding carboxylic acids is 2. The van der Waals surface area contributed by atoms with Crippen LogP contribution in [0.3, 0.4) is 0 Å². The minimum atomic E-state index is -0.533. The molecular formula is C17H24N6O4S. The average Bonchev–Trinajstić information content (AvgIpc) is 3.02. The molecule has 152 valence electrons. The number of aromatic nitrogens is 3. The minimum absolute atomic E-state index is 0.0131. The van der Waals surface area contributed by atoms with E-state index in [2.05, 4.69) is 25.6 Å². The number of urea groups is 1. The molecule has 0 aliphatic carbocycles. The number of nitrogens with zero attached hydrogens (tertiary/aromatic N) is 4. The van der Waals surface area contributed by atoms with E-state index >= 15 is 0 Å². The van der Waals surface area contributed by atoms with Crippen molar-refractivity contribution in [1.29, 1.82) is 0 Å². The first-order valence-electron chi connectivity index (χ1n) is 8.96. The largest absolute Gasteiger partial charge is 0.479 e. The molecule has 10 nitrogen and oxygen atoms in total. The van der Waals surface area contributed by atoms with Gasteiger partial charge in [0.15, 0.2) is 15.5 Å². The number of alkyl carbamates (subject to hydrolysis) is 1. The van der Waals surface area contributed by atoms with Crippen molar-refractivity contribution in [3.8, 4) is 5.88 Å². The second-order valence-electron chi connectivity index (χ2n) is 7.39. The molecule has 1 saturated heterocycles. The quantitative estimate of drug-likeness (QED) is 0.801.